The van der Waals surface area contributed by atoms with Crippen molar-refractivity contribution < 1.29 is 9.84 Å². The normalized spacial score (nSPS) is 17.3. The number of fused-ring (bicyclic) bond motifs is 4. The van der Waals surface area contributed by atoms with Crippen LogP contribution in [0.2, 0.25) is 5.02 Å². The van der Waals surface area contributed by atoms with Gasteiger partial charge in [-0.1, -0.05) is 17.7 Å². The van der Waals surface area contributed by atoms with Crippen LogP contribution in [0.3, 0.4) is 0 Å². The van der Waals surface area contributed by atoms with Crippen molar-refractivity contribution in [2.45, 2.75) is 25.9 Å². The van der Waals surface area contributed by atoms with Gasteiger partial charge in [0.15, 0.2) is 0 Å². The molecule has 1 unspecified atom stereocenters. The number of aromatic nitrogens is 2. The van der Waals surface area contributed by atoms with Crippen molar-refractivity contribution in [1.82, 2.24) is 9.97 Å². The van der Waals surface area contributed by atoms with Crippen molar-refractivity contribution >= 4 is 28.9 Å². The van der Waals surface area contributed by atoms with Gasteiger partial charge < -0.3 is 20.5 Å². The average Bonchev–Trinajstić information content (AvgIpc) is 3.06. The van der Waals surface area contributed by atoms with Crippen molar-refractivity contribution in [3.8, 4) is 11.3 Å². The maximum atomic E-state index is 10.2. The molecule has 27 heavy (non-hydrogen) atoms. The Kier molecular flexibility index (Phi) is 3.97. The Hall–Kier alpha value is -2.67. The van der Waals surface area contributed by atoms with E-state index in [0.29, 0.717) is 30.6 Å². The molecule has 0 radical (unpaired) electrons. The van der Waals surface area contributed by atoms with E-state index in [2.05, 4.69) is 27.8 Å². The summed E-state index contributed by atoms with van der Waals surface area (Å²) in [5.74, 6) is 0.505. The molecule has 7 heteroatoms. The van der Waals surface area contributed by atoms with E-state index in [1.165, 1.54) is 11.1 Å². The second-order valence-corrected chi connectivity index (χ2v) is 7.16. The van der Waals surface area contributed by atoms with Gasteiger partial charge in [-0.05, 0) is 41.5 Å². The summed E-state index contributed by atoms with van der Waals surface area (Å²) in [7, 11) is 0. The summed E-state index contributed by atoms with van der Waals surface area (Å²) in [5.41, 5.74) is 6.63. The number of ether oxygens (including phenoxy) is 1. The fourth-order valence-corrected chi connectivity index (χ4v) is 3.68. The van der Waals surface area contributed by atoms with Crippen LogP contribution >= 0.6 is 11.6 Å². The first-order valence-corrected chi connectivity index (χ1v) is 9.10. The first kappa shape index (κ1) is 16.5. The fourth-order valence-electron chi connectivity index (χ4n) is 3.51. The molecule has 1 aromatic heterocycles. The van der Waals surface area contributed by atoms with Crippen molar-refractivity contribution in [3.05, 3.63) is 64.3 Å². The Balaban J connectivity index is 1.53. The van der Waals surface area contributed by atoms with E-state index in [1.807, 2.05) is 18.2 Å². The number of halogens is 1. The lowest BCUT2D eigenvalue weighted by atomic mass is 10.1. The lowest BCUT2D eigenvalue weighted by Crippen LogP contribution is -2.20. The molecule has 0 aliphatic carbocycles. The molecule has 3 aromatic rings. The highest BCUT2D eigenvalue weighted by Gasteiger charge is 2.21. The highest BCUT2D eigenvalue weighted by molar-refractivity contribution is 6.31. The monoisotopic (exact) mass is 380 g/mol. The van der Waals surface area contributed by atoms with Gasteiger partial charge in [-0.15, -0.1) is 0 Å². The molecule has 0 saturated heterocycles. The van der Waals surface area contributed by atoms with Gasteiger partial charge in [-0.25, -0.2) is 9.97 Å². The summed E-state index contributed by atoms with van der Waals surface area (Å²) in [6.45, 7) is 1.30. The van der Waals surface area contributed by atoms with Gasteiger partial charge in [0.1, 0.15) is 6.23 Å². The summed E-state index contributed by atoms with van der Waals surface area (Å²) in [6, 6.07) is 11.7. The van der Waals surface area contributed by atoms with E-state index in [4.69, 9.17) is 21.3 Å². The highest BCUT2D eigenvalue weighted by Crippen LogP contribution is 2.35. The Labute approximate surface area is 161 Å². The lowest BCUT2D eigenvalue weighted by Gasteiger charge is -2.12. The first-order chi connectivity index (χ1) is 13.2. The minimum atomic E-state index is -0.720. The van der Waals surface area contributed by atoms with Gasteiger partial charge in [0.25, 0.3) is 0 Å². The van der Waals surface area contributed by atoms with Crippen molar-refractivity contribution in [2.24, 2.45) is 0 Å². The summed E-state index contributed by atoms with van der Waals surface area (Å²) in [6.07, 6.45) is 1.45. The molecular weight excluding hydrogens is 364 g/mol. The largest absolute Gasteiger partial charge is 0.373 e. The van der Waals surface area contributed by atoms with Crippen LogP contribution in [0, 0.1) is 0 Å². The van der Waals surface area contributed by atoms with Crippen LogP contribution in [0.5, 0.6) is 0 Å². The quantitative estimate of drug-likeness (QED) is 0.626. The number of nitrogens with one attached hydrogen (secondary N) is 2. The maximum Gasteiger partial charge on any atom is 0.227 e. The zero-order valence-electron chi connectivity index (χ0n) is 14.4. The molecule has 3 heterocycles. The van der Waals surface area contributed by atoms with E-state index in [-0.39, 0.29) is 0 Å². The molecule has 2 aliphatic rings. The molecule has 0 spiro atoms. The van der Waals surface area contributed by atoms with Gasteiger partial charge in [-0.3, -0.25) is 0 Å². The number of hydrogen-bond acceptors (Lipinski definition) is 6. The molecule has 1 atom stereocenters. The third-order valence-corrected chi connectivity index (χ3v) is 5.05. The zero-order chi connectivity index (χ0) is 18.4. The molecule has 2 aromatic carbocycles. The standard InChI is InChI=1S/C20H17ClN4O2/c21-14-2-4-16-17(7-14)24-18(26)6-12-8-22-20(25-19(12)16)23-15-3-1-11-9-27-10-13(11)5-15/h1-5,7-8,18,24,26H,6,9-10H2,(H,22,23,25). The summed E-state index contributed by atoms with van der Waals surface area (Å²) in [4.78, 5) is 9.15. The minimum absolute atomic E-state index is 0.415. The number of aliphatic hydroxyl groups excluding tert-OH is 1. The third-order valence-electron chi connectivity index (χ3n) is 4.81. The van der Waals surface area contributed by atoms with Crippen LogP contribution in [0.25, 0.3) is 11.3 Å². The molecule has 6 nitrogen and oxygen atoms in total. The molecule has 0 amide bonds. The molecule has 0 fully saturated rings. The summed E-state index contributed by atoms with van der Waals surface area (Å²) in [5, 5.41) is 17.2. The summed E-state index contributed by atoms with van der Waals surface area (Å²) < 4.78 is 5.47. The van der Waals surface area contributed by atoms with Gasteiger partial charge in [-0.2, -0.15) is 0 Å². The van der Waals surface area contributed by atoms with E-state index < -0.39 is 6.23 Å². The van der Waals surface area contributed by atoms with Gasteiger partial charge in [0, 0.05) is 40.1 Å². The second-order valence-electron chi connectivity index (χ2n) is 6.72. The van der Waals surface area contributed by atoms with Gasteiger partial charge in [0.2, 0.25) is 5.95 Å². The molecule has 5 rings (SSSR count). The molecule has 2 aliphatic heterocycles. The maximum absolute atomic E-state index is 10.2. The molecule has 3 N–H and O–H groups in total. The lowest BCUT2D eigenvalue weighted by molar-refractivity contribution is 0.134. The predicted octanol–water partition coefficient (Wildman–Crippen LogP) is 3.86. The van der Waals surface area contributed by atoms with Crippen LogP contribution in [-0.2, 0) is 24.4 Å². The van der Waals surface area contributed by atoms with Gasteiger partial charge >= 0.3 is 0 Å². The Morgan fingerprint density at radius 3 is 2.93 bits per heavy atom. The van der Waals surface area contributed by atoms with E-state index in [9.17, 15) is 5.11 Å². The molecule has 0 saturated carbocycles. The Bertz CT molecular complexity index is 1040. The van der Waals surface area contributed by atoms with Crippen LogP contribution in [0.15, 0.2) is 42.6 Å². The van der Waals surface area contributed by atoms with Gasteiger partial charge in [0.05, 0.1) is 18.9 Å². The third kappa shape index (κ3) is 3.12. The van der Waals surface area contributed by atoms with Crippen molar-refractivity contribution in [1.29, 1.82) is 0 Å². The Morgan fingerprint density at radius 1 is 1.11 bits per heavy atom. The molecule has 0 bridgehead atoms. The summed E-state index contributed by atoms with van der Waals surface area (Å²) >= 11 is 6.11. The smallest absolute Gasteiger partial charge is 0.227 e. The SMILES string of the molecule is OC1Cc2cnc(Nc3ccc4c(c3)COC4)nc2-c2ccc(Cl)cc2N1. The predicted molar refractivity (Wildman–Crippen MR) is 104 cm³/mol. The van der Waals surface area contributed by atoms with Crippen LogP contribution in [0.4, 0.5) is 17.3 Å². The van der Waals surface area contributed by atoms with Crippen LogP contribution < -0.4 is 10.6 Å². The number of aliphatic hydroxyl groups is 1. The second kappa shape index (κ2) is 6.49. The van der Waals surface area contributed by atoms with Crippen molar-refractivity contribution in [2.75, 3.05) is 10.6 Å². The number of benzene rings is 2. The zero-order valence-corrected chi connectivity index (χ0v) is 15.1. The number of hydrogen-bond donors (Lipinski definition) is 3. The fraction of sp³-hybridized carbons (Fsp3) is 0.200. The minimum Gasteiger partial charge on any atom is -0.373 e. The number of anilines is 3. The van der Waals surface area contributed by atoms with Crippen LogP contribution in [-0.4, -0.2) is 21.3 Å². The number of rotatable bonds is 2. The van der Waals surface area contributed by atoms with Crippen LogP contribution in [0.1, 0.15) is 16.7 Å². The highest BCUT2D eigenvalue weighted by atomic mass is 35.5. The average molecular weight is 381 g/mol. The number of nitrogens with zero attached hydrogens (tertiary/aromatic N) is 2. The molecular formula is C20H17ClN4O2. The van der Waals surface area contributed by atoms with Crippen molar-refractivity contribution in [3.63, 3.8) is 0 Å². The molecule has 136 valence electrons. The van der Waals surface area contributed by atoms with E-state index >= 15 is 0 Å². The van der Waals surface area contributed by atoms with E-state index in [1.54, 1.807) is 12.3 Å². The topological polar surface area (TPSA) is 79.3 Å². The van der Waals surface area contributed by atoms with E-state index in [0.717, 1.165) is 28.2 Å². The first-order valence-electron chi connectivity index (χ1n) is 8.73. The Morgan fingerprint density at radius 2 is 2.00 bits per heavy atom.